The monoisotopic (exact) mass is 387 g/mol. The van der Waals surface area contributed by atoms with Crippen LogP contribution in [0.5, 0.6) is 0 Å². The number of fused-ring (bicyclic) bond motifs is 3. The zero-order chi connectivity index (χ0) is 19.7. The van der Waals surface area contributed by atoms with Gasteiger partial charge in [-0.2, -0.15) is 0 Å². The van der Waals surface area contributed by atoms with Crippen molar-refractivity contribution in [2.24, 2.45) is 0 Å². The molecule has 0 saturated carbocycles. The van der Waals surface area contributed by atoms with E-state index in [-0.39, 0.29) is 6.10 Å². The van der Waals surface area contributed by atoms with Gasteiger partial charge in [0.15, 0.2) is 6.10 Å². The molecule has 0 bridgehead atoms. The van der Waals surface area contributed by atoms with E-state index in [1.807, 2.05) is 0 Å². The van der Waals surface area contributed by atoms with Crippen LogP contribution >= 0.6 is 0 Å². The first-order valence-corrected chi connectivity index (χ1v) is 11.3. The molecule has 1 unspecified atom stereocenters. The van der Waals surface area contributed by atoms with E-state index >= 15 is 0 Å². The van der Waals surface area contributed by atoms with Crippen LogP contribution in [0.3, 0.4) is 0 Å². The van der Waals surface area contributed by atoms with Crippen LogP contribution in [-0.4, -0.2) is 62.6 Å². The third-order valence-corrected chi connectivity index (χ3v) is 6.79. The van der Waals surface area contributed by atoms with E-state index < -0.39 is 0 Å². The third-order valence-electron chi connectivity index (χ3n) is 6.79. The summed E-state index contributed by atoms with van der Waals surface area (Å²) in [6.07, 6.45) is 4.78. The molecule has 2 aliphatic rings. The Labute approximate surface area is 169 Å². The van der Waals surface area contributed by atoms with E-state index in [9.17, 15) is 5.11 Å². The maximum absolute atomic E-state index is 10.7. The first kappa shape index (κ1) is 19.9. The number of hydrogen-bond acceptors (Lipinski definition) is 1. The maximum atomic E-state index is 10.7. The van der Waals surface area contributed by atoms with Gasteiger partial charge in [-0.1, -0.05) is 11.6 Å². The summed E-state index contributed by atoms with van der Waals surface area (Å²) in [5.41, 5.74) is 5.97. The molecule has 0 saturated heterocycles. The highest BCUT2D eigenvalue weighted by Gasteiger charge is 2.38. The molecule has 5 heteroatoms. The molecule has 1 aromatic carbocycles. The van der Waals surface area contributed by atoms with Gasteiger partial charge in [-0.05, 0) is 37.5 Å². The van der Waals surface area contributed by atoms with E-state index in [1.165, 1.54) is 53.6 Å². The average molecular weight is 388 g/mol. The largest absolute Gasteiger partial charge is 0.382 e. The van der Waals surface area contributed by atoms with Crippen molar-refractivity contribution in [1.82, 2.24) is 4.57 Å². The molecule has 0 spiro atoms. The molecule has 1 aliphatic carbocycles. The molecule has 5 N–H and O–H groups in total. The fraction of sp³-hybridized carbons (Fsp3) is 0.652. The van der Waals surface area contributed by atoms with Crippen molar-refractivity contribution < 1.29 is 20.2 Å². The van der Waals surface area contributed by atoms with Crippen molar-refractivity contribution in [3.8, 4) is 0 Å². The first-order valence-electron chi connectivity index (χ1n) is 11.3. The quantitative estimate of drug-likeness (QED) is 0.418. The molecular formula is C23H39N4O+3. The van der Waals surface area contributed by atoms with Crippen molar-refractivity contribution in [2.45, 2.75) is 51.3 Å². The highest BCUT2D eigenvalue weighted by molar-refractivity contribution is 5.86. The van der Waals surface area contributed by atoms with E-state index in [4.69, 9.17) is 0 Å². The van der Waals surface area contributed by atoms with E-state index in [0.29, 0.717) is 6.04 Å². The minimum atomic E-state index is -0.203. The second-order valence-corrected chi connectivity index (χ2v) is 9.37. The molecule has 2 heterocycles. The summed E-state index contributed by atoms with van der Waals surface area (Å²) >= 11 is 0. The molecule has 4 rings (SSSR count). The minimum Gasteiger partial charge on any atom is -0.382 e. The number of hydrogen-bond donors (Lipinski definition) is 4. The van der Waals surface area contributed by atoms with Crippen molar-refractivity contribution in [3.63, 3.8) is 0 Å². The summed E-state index contributed by atoms with van der Waals surface area (Å²) in [4.78, 5) is 3.11. The Bertz CT molecular complexity index is 813. The van der Waals surface area contributed by atoms with E-state index in [0.717, 1.165) is 32.7 Å². The molecule has 154 valence electrons. The van der Waals surface area contributed by atoms with Gasteiger partial charge in [0.1, 0.15) is 19.1 Å². The zero-order valence-corrected chi connectivity index (χ0v) is 17.9. The second kappa shape index (κ2) is 8.54. The summed E-state index contributed by atoms with van der Waals surface area (Å²) in [5, 5.41) is 14.5. The number of aromatic nitrogens is 1. The van der Waals surface area contributed by atoms with Gasteiger partial charge in [-0.25, -0.2) is 0 Å². The number of rotatable bonds is 8. The summed E-state index contributed by atoms with van der Waals surface area (Å²) in [7, 11) is 4.40. The summed E-state index contributed by atoms with van der Waals surface area (Å²) in [6.45, 7) is 8.48. The Morgan fingerprint density at radius 1 is 1.36 bits per heavy atom. The lowest BCUT2D eigenvalue weighted by molar-refractivity contribution is -0.941. The van der Waals surface area contributed by atoms with Crippen LogP contribution in [-0.2, 0) is 13.0 Å². The first-order chi connectivity index (χ1) is 13.5. The number of aryl methyl sites for hydroxylation is 2. The predicted molar refractivity (Wildman–Crippen MR) is 113 cm³/mol. The van der Waals surface area contributed by atoms with Gasteiger partial charge in [0.05, 0.1) is 46.0 Å². The Morgan fingerprint density at radius 2 is 2.21 bits per heavy atom. The van der Waals surface area contributed by atoms with Crippen LogP contribution in [0.2, 0.25) is 0 Å². The Hall–Kier alpha value is -1.40. The molecule has 2 aromatic rings. The zero-order valence-electron chi connectivity index (χ0n) is 17.9. The van der Waals surface area contributed by atoms with E-state index in [1.54, 1.807) is 16.2 Å². The lowest BCUT2D eigenvalue weighted by Crippen LogP contribution is -3.15. The Kier molecular flexibility index (Phi) is 6.07. The molecular weight excluding hydrogens is 348 g/mol. The SMILES string of the molecule is Cc1ccc2c(c1)c1c3n2CC[NH+](C[C@H](O)C[NH2+]CCC[NH+](C)C)[C@@H]3CCC1. The lowest BCUT2D eigenvalue weighted by atomic mass is 9.89. The Balaban J connectivity index is 1.43. The summed E-state index contributed by atoms with van der Waals surface area (Å²) in [5.74, 6) is 0. The van der Waals surface area contributed by atoms with Crippen molar-refractivity contribution in [3.05, 3.63) is 35.0 Å². The van der Waals surface area contributed by atoms with Gasteiger partial charge >= 0.3 is 0 Å². The van der Waals surface area contributed by atoms with Crippen molar-refractivity contribution in [2.75, 3.05) is 46.8 Å². The number of nitrogens with one attached hydrogen (secondary N) is 2. The van der Waals surface area contributed by atoms with Gasteiger partial charge in [-0.15, -0.1) is 0 Å². The molecule has 0 radical (unpaired) electrons. The normalized spacial score (nSPS) is 22.6. The third kappa shape index (κ3) is 3.99. The van der Waals surface area contributed by atoms with Crippen LogP contribution in [0.4, 0.5) is 0 Å². The molecule has 5 nitrogen and oxygen atoms in total. The van der Waals surface area contributed by atoms with Gasteiger partial charge in [0, 0.05) is 23.7 Å². The standard InChI is InChI=1S/C23H36N4O/c1-17-8-9-21-20(14-17)19-6-4-7-22-23(19)27(21)13-12-26(22)16-18(28)15-24-10-5-11-25(2)3/h8-9,14,18,22,24,28H,4-7,10-13,15-16H2,1-3H3/p+3/t18-,22-/m1/s1. The van der Waals surface area contributed by atoms with Gasteiger partial charge in [0.2, 0.25) is 0 Å². The predicted octanol–water partition coefficient (Wildman–Crippen LogP) is -1.32. The second-order valence-electron chi connectivity index (χ2n) is 9.37. The number of aliphatic hydroxyl groups is 1. The molecule has 3 atom stereocenters. The van der Waals surface area contributed by atoms with E-state index in [2.05, 4.69) is 49.1 Å². The number of benzene rings is 1. The maximum Gasteiger partial charge on any atom is 0.151 e. The topological polar surface area (TPSA) is 50.6 Å². The average Bonchev–Trinajstić information content (AvgIpc) is 2.98. The van der Waals surface area contributed by atoms with Crippen LogP contribution in [0.1, 0.15) is 42.1 Å². The number of nitrogens with zero attached hydrogens (tertiary/aromatic N) is 1. The highest BCUT2D eigenvalue weighted by atomic mass is 16.3. The highest BCUT2D eigenvalue weighted by Crippen LogP contribution is 2.37. The fourth-order valence-corrected chi connectivity index (χ4v) is 5.45. The van der Waals surface area contributed by atoms with Crippen molar-refractivity contribution in [1.29, 1.82) is 0 Å². The number of aliphatic hydroxyl groups excluding tert-OH is 1. The lowest BCUT2D eigenvalue weighted by Gasteiger charge is -2.37. The summed E-state index contributed by atoms with van der Waals surface area (Å²) in [6, 6.07) is 7.53. The van der Waals surface area contributed by atoms with Crippen LogP contribution in [0.15, 0.2) is 18.2 Å². The fourth-order valence-electron chi connectivity index (χ4n) is 5.45. The van der Waals surface area contributed by atoms with Gasteiger partial charge in [0.25, 0.3) is 0 Å². The Morgan fingerprint density at radius 3 is 3.04 bits per heavy atom. The number of quaternary nitrogens is 3. The van der Waals surface area contributed by atoms with Gasteiger partial charge < -0.3 is 24.8 Å². The molecule has 0 fully saturated rings. The van der Waals surface area contributed by atoms with Crippen LogP contribution in [0.25, 0.3) is 10.9 Å². The van der Waals surface area contributed by atoms with Crippen LogP contribution in [0, 0.1) is 6.92 Å². The van der Waals surface area contributed by atoms with Crippen molar-refractivity contribution >= 4 is 10.9 Å². The van der Waals surface area contributed by atoms with Crippen LogP contribution < -0.4 is 15.1 Å². The van der Waals surface area contributed by atoms with Gasteiger partial charge in [-0.3, -0.25) is 0 Å². The minimum absolute atomic E-state index is 0.203. The molecule has 1 aromatic heterocycles. The molecule has 0 amide bonds. The number of nitrogens with two attached hydrogens (primary N) is 1. The molecule has 28 heavy (non-hydrogen) atoms. The molecule has 1 aliphatic heterocycles. The summed E-state index contributed by atoms with van der Waals surface area (Å²) < 4.78 is 2.60. The smallest absolute Gasteiger partial charge is 0.151 e.